The highest BCUT2D eigenvalue weighted by molar-refractivity contribution is 7.89. The van der Waals surface area contributed by atoms with Gasteiger partial charge in [0.15, 0.2) is 0 Å². The first-order valence-corrected chi connectivity index (χ1v) is 9.91. The van der Waals surface area contributed by atoms with Gasteiger partial charge in [-0.3, -0.25) is 4.79 Å². The summed E-state index contributed by atoms with van der Waals surface area (Å²) in [5.74, 6) is -0.154. The summed E-state index contributed by atoms with van der Waals surface area (Å²) < 4.78 is 27.2. The Balaban J connectivity index is 2.11. The largest absolute Gasteiger partial charge is 0.337 e. The van der Waals surface area contributed by atoms with Gasteiger partial charge in [0.05, 0.1) is 4.90 Å². The van der Waals surface area contributed by atoms with Crippen molar-refractivity contribution in [1.82, 2.24) is 9.62 Å². The van der Waals surface area contributed by atoms with E-state index >= 15 is 0 Å². The molecule has 26 heavy (non-hydrogen) atoms. The molecular weight excluding hydrogens is 348 g/mol. The molecule has 0 bridgehead atoms. The number of carbonyl (C=O) groups excluding carboxylic acids is 1. The molecule has 0 saturated carbocycles. The zero-order chi connectivity index (χ0) is 19.5. The van der Waals surface area contributed by atoms with E-state index in [2.05, 4.69) is 4.72 Å². The highest BCUT2D eigenvalue weighted by Crippen LogP contribution is 2.15. The minimum Gasteiger partial charge on any atom is -0.337 e. The van der Waals surface area contributed by atoms with Crippen molar-refractivity contribution in [1.29, 1.82) is 0 Å². The Labute approximate surface area is 156 Å². The first-order chi connectivity index (χ1) is 12.0. The molecule has 0 unspecified atom stereocenters. The molecule has 0 aromatic heterocycles. The van der Waals surface area contributed by atoms with Crippen LogP contribution in [0.15, 0.2) is 53.4 Å². The summed E-state index contributed by atoms with van der Waals surface area (Å²) in [6, 6.07) is 14.0. The zero-order valence-corrected chi connectivity index (χ0v) is 16.7. The van der Waals surface area contributed by atoms with Gasteiger partial charge in [-0.15, -0.1) is 0 Å². The van der Waals surface area contributed by atoms with Gasteiger partial charge in [0, 0.05) is 24.7 Å². The molecule has 140 valence electrons. The number of aryl methyl sites for hydroxylation is 1. The van der Waals surface area contributed by atoms with Crippen LogP contribution in [0.4, 0.5) is 0 Å². The second kappa shape index (κ2) is 7.60. The first kappa shape index (κ1) is 20.1. The van der Waals surface area contributed by atoms with E-state index in [1.54, 1.807) is 44.9 Å². The molecule has 2 aromatic carbocycles. The smallest absolute Gasteiger partial charge is 0.253 e. The van der Waals surface area contributed by atoms with E-state index in [1.165, 1.54) is 17.7 Å². The van der Waals surface area contributed by atoms with Crippen molar-refractivity contribution in [3.63, 3.8) is 0 Å². The molecule has 1 N–H and O–H groups in total. The van der Waals surface area contributed by atoms with Crippen LogP contribution in [0.25, 0.3) is 0 Å². The molecule has 2 rings (SSSR count). The van der Waals surface area contributed by atoms with Gasteiger partial charge in [-0.1, -0.05) is 29.8 Å². The van der Waals surface area contributed by atoms with Crippen molar-refractivity contribution in [2.45, 2.75) is 44.7 Å². The Hall–Kier alpha value is -2.18. The monoisotopic (exact) mass is 374 g/mol. The number of rotatable bonds is 5. The number of hydrogen-bond acceptors (Lipinski definition) is 3. The van der Waals surface area contributed by atoms with E-state index < -0.39 is 15.6 Å². The first-order valence-electron chi connectivity index (χ1n) is 8.43. The normalized spacial score (nSPS) is 12.0. The maximum atomic E-state index is 12.6. The summed E-state index contributed by atoms with van der Waals surface area (Å²) in [5.41, 5.74) is 2.10. The molecule has 1 amide bonds. The maximum Gasteiger partial charge on any atom is 0.253 e. The molecule has 0 spiro atoms. The topological polar surface area (TPSA) is 66.5 Å². The molecule has 0 heterocycles. The quantitative estimate of drug-likeness (QED) is 0.873. The van der Waals surface area contributed by atoms with Crippen LogP contribution >= 0.6 is 0 Å². The minimum absolute atomic E-state index is 0.144. The van der Waals surface area contributed by atoms with Crippen LogP contribution in [0.3, 0.4) is 0 Å². The number of hydrogen-bond donors (Lipinski definition) is 1. The Bertz CT molecular complexity index is 865. The standard InChI is InChI=1S/C20H26N2O3S/c1-15-6-8-16(9-7-15)14-22(5)19(23)17-10-12-18(13-11-17)26(24,25)21-20(2,3)4/h6-13,21H,14H2,1-5H3. The van der Waals surface area contributed by atoms with Gasteiger partial charge in [0.1, 0.15) is 0 Å². The fourth-order valence-electron chi connectivity index (χ4n) is 2.50. The number of carbonyl (C=O) groups is 1. The lowest BCUT2D eigenvalue weighted by molar-refractivity contribution is 0.0785. The number of nitrogens with one attached hydrogen (secondary N) is 1. The highest BCUT2D eigenvalue weighted by Gasteiger charge is 2.22. The molecule has 0 saturated heterocycles. The molecule has 0 aliphatic rings. The van der Waals surface area contributed by atoms with E-state index in [0.29, 0.717) is 12.1 Å². The summed E-state index contributed by atoms with van der Waals surface area (Å²) in [6.07, 6.45) is 0. The van der Waals surface area contributed by atoms with E-state index in [0.717, 1.165) is 5.56 Å². The molecular formula is C20H26N2O3S. The molecule has 0 aliphatic carbocycles. The number of sulfonamides is 1. The van der Waals surface area contributed by atoms with Gasteiger partial charge in [-0.2, -0.15) is 0 Å². The van der Waals surface area contributed by atoms with E-state index in [9.17, 15) is 13.2 Å². The lowest BCUT2D eigenvalue weighted by atomic mass is 10.1. The van der Waals surface area contributed by atoms with Gasteiger partial charge < -0.3 is 4.90 Å². The van der Waals surface area contributed by atoms with Crippen molar-refractivity contribution in [2.75, 3.05) is 7.05 Å². The SMILES string of the molecule is Cc1ccc(CN(C)C(=O)c2ccc(S(=O)(=O)NC(C)(C)C)cc2)cc1. The summed E-state index contributed by atoms with van der Waals surface area (Å²) in [7, 11) is -1.88. The van der Waals surface area contributed by atoms with Crippen LogP contribution in [0.2, 0.25) is 0 Å². The molecule has 0 fully saturated rings. The minimum atomic E-state index is -3.61. The predicted octanol–water partition coefficient (Wildman–Crippen LogP) is 3.34. The summed E-state index contributed by atoms with van der Waals surface area (Å²) in [4.78, 5) is 14.3. The van der Waals surface area contributed by atoms with Crippen molar-refractivity contribution in [3.05, 3.63) is 65.2 Å². The zero-order valence-electron chi connectivity index (χ0n) is 15.9. The molecule has 6 heteroatoms. The highest BCUT2D eigenvalue weighted by atomic mass is 32.2. The summed E-state index contributed by atoms with van der Waals surface area (Å²) in [5, 5.41) is 0. The molecule has 2 aromatic rings. The Kier molecular flexibility index (Phi) is 5.88. The average Bonchev–Trinajstić information content (AvgIpc) is 2.54. The molecule has 0 atom stereocenters. The molecule has 0 aliphatic heterocycles. The van der Waals surface area contributed by atoms with E-state index in [1.807, 2.05) is 31.2 Å². The van der Waals surface area contributed by atoms with Crippen LogP contribution in [0.5, 0.6) is 0 Å². The van der Waals surface area contributed by atoms with Gasteiger partial charge >= 0.3 is 0 Å². The van der Waals surface area contributed by atoms with Crippen molar-refractivity contribution < 1.29 is 13.2 Å². The lowest BCUT2D eigenvalue weighted by Crippen LogP contribution is -2.40. The van der Waals surface area contributed by atoms with Gasteiger partial charge in [-0.25, -0.2) is 13.1 Å². The fraction of sp³-hybridized carbons (Fsp3) is 0.350. The molecule has 0 radical (unpaired) electrons. The van der Waals surface area contributed by atoms with Crippen LogP contribution < -0.4 is 4.72 Å². The Morgan fingerprint density at radius 1 is 1.00 bits per heavy atom. The maximum absolute atomic E-state index is 12.6. The van der Waals surface area contributed by atoms with Crippen molar-refractivity contribution >= 4 is 15.9 Å². The van der Waals surface area contributed by atoms with Crippen molar-refractivity contribution in [3.8, 4) is 0 Å². The Morgan fingerprint density at radius 3 is 2.04 bits per heavy atom. The number of benzene rings is 2. The van der Waals surface area contributed by atoms with Crippen LogP contribution in [0, 0.1) is 6.92 Å². The van der Waals surface area contributed by atoms with Crippen LogP contribution in [0.1, 0.15) is 42.3 Å². The van der Waals surface area contributed by atoms with Crippen LogP contribution in [-0.4, -0.2) is 31.8 Å². The number of nitrogens with zero attached hydrogens (tertiary/aromatic N) is 1. The summed E-state index contributed by atoms with van der Waals surface area (Å²) >= 11 is 0. The van der Waals surface area contributed by atoms with E-state index in [-0.39, 0.29) is 10.8 Å². The van der Waals surface area contributed by atoms with Crippen LogP contribution in [-0.2, 0) is 16.6 Å². The third kappa shape index (κ3) is 5.41. The second-order valence-corrected chi connectivity index (χ2v) is 9.21. The van der Waals surface area contributed by atoms with Gasteiger partial charge in [-0.05, 0) is 57.5 Å². The van der Waals surface area contributed by atoms with Gasteiger partial charge in [0.2, 0.25) is 10.0 Å². The summed E-state index contributed by atoms with van der Waals surface area (Å²) in [6.45, 7) is 7.85. The average molecular weight is 375 g/mol. The molecule has 5 nitrogen and oxygen atoms in total. The van der Waals surface area contributed by atoms with Crippen molar-refractivity contribution in [2.24, 2.45) is 0 Å². The third-order valence-electron chi connectivity index (χ3n) is 3.74. The predicted molar refractivity (Wildman–Crippen MR) is 103 cm³/mol. The Morgan fingerprint density at radius 2 is 1.54 bits per heavy atom. The lowest BCUT2D eigenvalue weighted by Gasteiger charge is -2.21. The van der Waals surface area contributed by atoms with Gasteiger partial charge in [0.25, 0.3) is 5.91 Å². The fourth-order valence-corrected chi connectivity index (χ4v) is 3.92. The third-order valence-corrected chi connectivity index (χ3v) is 5.51. The second-order valence-electron chi connectivity index (χ2n) is 7.53. The number of amides is 1. The van der Waals surface area contributed by atoms with E-state index in [4.69, 9.17) is 0 Å².